The van der Waals surface area contributed by atoms with Crippen LogP contribution in [-0.2, 0) is 23.7 Å². The molecule has 9 heteroatoms. The zero-order chi connectivity index (χ0) is 26.2. The van der Waals surface area contributed by atoms with Crippen molar-refractivity contribution in [3.63, 3.8) is 0 Å². The van der Waals surface area contributed by atoms with E-state index in [0.717, 1.165) is 11.8 Å². The van der Waals surface area contributed by atoms with Crippen molar-refractivity contribution in [1.29, 1.82) is 0 Å². The van der Waals surface area contributed by atoms with Gasteiger partial charge in [-0.25, -0.2) is 14.4 Å². The van der Waals surface area contributed by atoms with Gasteiger partial charge in [-0.1, -0.05) is 54.6 Å². The topological polar surface area (TPSA) is 105 Å². The minimum atomic E-state index is -1.14. The molecule has 0 aromatic heterocycles. The van der Waals surface area contributed by atoms with E-state index in [0.29, 0.717) is 5.56 Å². The monoisotopic (exact) mass is 520 g/mol. The maximum Gasteiger partial charge on any atom is 0.338 e. The fraction of sp³-hybridized carbons (Fsp3) is 0.214. The summed E-state index contributed by atoms with van der Waals surface area (Å²) in [4.78, 5) is 50.2. The molecule has 0 spiro atoms. The Hall–Kier alpha value is -4.11. The molecule has 0 saturated carbocycles. The molecule has 190 valence electrons. The Balaban J connectivity index is 1.58. The van der Waals surface area contributed by atoms with Crippen molar-refractivity contribution in [2.45, 2.75) is 29.8 Å². The second kappa shape index (κ2) is 12.2. The Kier molecular flexibility index (Phi) is 8.58. The third-order valence-corrected chi connectivity index (χ3v) is 6.83. The number of hydrogen-bond acceptors (Lipinski definition) is 9. The normalized spacial score (nSPS) is 20.5. The first-order chi connectivity index (χ1) is 17.9. The van der Waals surface area contributed by atoms with Gasteiger partial charge in [-0.3, -0.25) is 4.79 Å². The smallest absolute Gasteiger partial charge is 0.338 e. The number of ether oxygens (including phenoxy) is 4. The number of carbonyl (C=O) groups is 4. The molecule has 1 aliphatic rings. The first-order valence-electron chi connectivity index (χ1n) is 11.5. The van der Waals surface area contributed by atoms with Crippen molar-refractivity contribution in [2.24, 2.45) is 0 Å². The minimum absolute atomic E-state index is 0.178. The fourth-order valence-corrected chi connectivity index (χ4v) is 5.11. The van der Waals surface area contributed by atoms with E-state index < -0.39 is 46.8 Å². The summed E-state index contributed by atoms with van der Waals surface area (Å²) >= 11 is 1.09. The van der Waals surface area contributed by atoms with E-state index in [1.54, 1.807) is 91.0 Å². The second-order valence-electron chi connectivity index (χ2n) is 8.09. The lowest BCUT2D eigenvalue weighted by atomic mass is 10.1. The quantitative estimate of drug-likeness (QED) is 0.317. The summed E-state index contributed by atoms with van der Waals surface area (Å²) in [5.74, 6) is -2.50. The predicted octanol–water partition coefficient (Wildman–Crippen LogP) is 4.30. The molecule has 0 aliphatic carbocycles. The molecule has 0 radical (unpaired) electrons. The van der Waals surface area contributed by atoms with Gasteiger partial charge in [0.05, 0.1) is 21.9 Å². The van der Waals surface area contributed by atoms with E-state index in [-0.39, 0.29) is 17.7 Å². The van der Waals surface area contributed by atoms with Crippen LogP contribution in [0.5, 0.6) is 0 Å². The molecule has 4 rings (SSSR count). The Labute approximate surface area is 217 Å². The van der Waals surface area contributed by atoms with Crippen molar-refractivity contribution in [3.05, 3.63) is 108 Å². The van der Waals surface area contributed by atoms with E-state index in [4.69, 9.17) is 18.9 Å². The van der Waals surface area contributed by atoms with Crippen LogP contribution in [0, 0.1) is 0 Å². The van der Waals surface area contributed by atoms with E-state index in [2.05, 4.69) is 0 Å². The molecule has 1 unspecified atom stereocenters. The molecule has 1 saturated heterocycles. The molecule has 0 amide bonds. The number of benzene rings is 3. The SMILES string of the molecule is CC(=O)OC1S[C@@H](COC(=O)c2ccccc2)[C@@H](OC(=O)c2ccccc2)[C@H]1OC(=O)c1ccccc1. The number of carbonyl (C=O) groups excluding carboxylic acids is 4. The average Bonchev–Trinajstić information content (AvgIpc) is 3.23. The Morgan fingerprint density at radius 3 is 1.51 bits per heavy atom. The number of thioether (sulfide) groups is 1. The van der Waals surface area contributed by atoms with Gasteiger partial charge < -0.3 is 18.9 Å². The molecule has 1 fully saturated rings. The first kappa shape index (κ1) is 26.0. The first-order valence-corrected chi connectivity index (χ1v) is 12.4. The van der Waals surface area contributed by atoms with Gasteiger partial charge >= 0.3 is 23.9 Å². The highest BCUT2D eigenvalue weighted by Crippen LogP contribution is 2.40. The minimum Gasteiger partial charge on any atom is -0.461 e. The lowest BCUT2D eigenvalue weighted by Crippen LogP contribution is -2.42. The summed E-state index contributed by atoms with van der Waals surface area (Å²) in [7, 11) is 0. The Bertz CT molecular complexity index is 1230. The lowest BCUT2D eigenvalue weighted by Gasteiger charge is -2.25. The Morgan fingerprint density at radius 1 is 0.622 bits per heavy atom. The molecular weight excluding hydrogens is 496 g/mol. The molecule has 1 aliphatic heterocycles. The van der Waals surface area contributed by atoms with Crippen LogP contribution in [0.1, 0.15) is 38.0 Å². The van der Waals surface area contributed by atoms with Crippen molar-refractivity contribution in [2.75, 3.05) is 6.61 Å². The number of hydrogen-bond donors (Lipinski definition) is 0. The van der Waals surface area contributed by atoms with Crippen LogP contribution in [-0.4, -0.2) is 53.4 Å². The molecule has 0 bridgehead atoms. The van der Waals surface area contributed by atoms with Crippen LogP contribution in [0.3, 0.4) is 0 Å². The number of rotatable bonds is 8. The zero-order valence-electron chi connectivity index (χ0n) is 19.9. The van der Waals surface area contributed by atoms with Crippen LogP contribution in [0.15, 0.2) is 91.0 Å². The van der Waals surface area contributed by atoms with E-state index >= 15 is 0 Å². The summed E-state index contributed by atoms with van der Waals surface area (Å²) in [5, 5.41) is -0.682. The highest BCUT2D eigenvalue weighted by atomic mass is 32.2. The van der Waals surface area contributed by atoms with Gasteiger partial charge in [-0.15, -0.1) is 11.8 Å². The molecule has 1 heterocycles. The van der Waals surface area contributed by atoms with E-state index in [1.807, 2.05) is 0 Å². The van der Waals surface area contributed by atoms with E-state index in [1.165, 1.54) is 6.92 Å². The highest BCUT2D eigenvalue weighted by molar-refractivity contribution is 8.00. The molecule has 8 nitrogen and oxygen atoms in total. The second-order valence-corrected chi connectivity index (χ2v) is 9.43. The molecule has 3 aromatic rings. The summed E-state index contributed by atoms with van der Waals surface area (Å²) in [6, 6.07) is 25.0. The molecule has 3 aromatic carbocycles. The maximum atomic E-state index is 12.9. The standard InChI is InChI=1S/C28H24O8S/c1-18(29)34-28-24(36-27(32)21-15-9-4-10-16-21)23(35-26(31)20-13-7-3-8-14-20)22(37-28)17-33-25(30)19-11-5-2-6-12-19/h2-16,22-24,28H,17H2,1H3/t22-,23+,24+,28?/m0/s1. The third kappa shape index (κ3) is 6.77. The summed E-state index contributed by atoms with van der Waals surface area (Å²) in [6.07, 6.45) is -2.21. The van der Waals surface area contributed by atoms with Gasteiger partial charge in [0.25, 0.3) is 0 Å². The van der Waals surface area contributed by atoms with Gasteiger partial charge in [-0.05, 0) is 36.4 Å². The van der Waals surface area contributed by atoms with Gasteiger partial charge in [0, 0.05) is 6.92 Å². The molecule has 4 atom stereocenters. The fourth-order valence-electron chi connectivity index (χ4n) is 3.70. The maximum absolute atomic E-state index is 12.9. The predicted molar refractivity (Wildman–Crippen MR) is 135 cm³/mol. The molecule has 37 heavy (non-hydrogen) atoms. The summed E-state index contributed by atoms with van der Waals surface area (Å²) in [6.45, 7) is 1.05. The summed E-state index contributed by atoms with van der Waals surface area (Å²) < 4.78 is 22.4. The van der Waals surface area contributed by atoms with E-state index in [9.17, 15) is 19.2 Å². The molecular formula is C28H24O8S. The van der Waals surface area contributed by atoms with Crippen LogP contribution < -0.4 is 0 Å². The van der Waals surface area contributed by atoms with Crippen LogP contribution in [0.25, 0.3) is 0 Å². The van der Waals surface area contributed by atoms with Gasteiger partial charge in [-0.2, -0.15) is 0 Å². The number of esters is 4. The Morgan fingerprint density at radius 2 is 1.05 bits per heavy atom. The van der Waals surface area contributed by atoms with Crippen molar-refractivity contribution < 1.29 is 38.1 Å². The van der Waals surface area contributed by atoms with Gasteiger partial charge in [0.2, 0.25) is 0 Å². The third-order valence-electron chi connectivity index (χ3n) is 5.44. The van der Waals surface area contributed by atoms with Gasteiger partial charge in [0.1, 0.15) is 6.61 Å². The largest absolute Gasteiger partial charge is 0.461 e. The van der Waals surface area contributed by atoms with Gasteiger partial charge in [0.15, 0.2) is 17.6 Å². The molecule has 0 N–H and O–H groups in total. The average molecular weight is 521 g/mol. The zero-order valence-corrected chi connectivity index (χ0v) is 20.7. The van der Waals surface area contributed by atoms with Crippen molar-refractivity contribution in [1.82, 2.24) is 0 Å². The highest BCUT2D eigenvalue weighted by Gasteiger charge is 2.51. The van der Waals surface area contributed by atoms with Crippen molar-refractivity contribution >= 4 is 35.6 Å². The lowest BCUT2D eigenvalue weighted by molar-refractivity contribution is -0.148. The van der Waals surface area contributed by atoms with Crippen molar-refractivity contribution in [3.8, 4) is 0 Å². The van der Waals surface area contributed by atoms with Crippen LogP contribution in [0.2, 0.25) is 0 Å². The van der Waals surface area contributed by atoms with Crippen LogP contribution >= 0.6 is 11.8 Å². The summed E-state index contributed by atoms with van der Waals surface area (Å²) in [5.41, 5.74) is -0.0659. The van der Waals surface area contributed by atoms with Crippen LogP contribution in [0.4, 0.5) is 0 Å².